The van der Waals surface area contributed by atoms with E-state index in [0.29, 0.717) is 12.0 Å². The van der Waals surface area contributed by atoms with Crippen LogP contribution in [0.1, 0.15) is 38.3 Å². The van der Waals surface area contributed by atoms with Crippen molar-refractivity contribution in [1.29, 1.82) is 0 Å². The Kier molecular flexibility index (Phi) is 6.08. The molecule has 0 spiro atoms. The molecule has 0 aliphatic carbocycles. The maximum atomic E-state index is 13.9. The van der Waals surface area contributed by atoms with Crippen LogP contribution in [0.3, 0.4) is 0 Å². The number of thioether (sulfide) groups is 1. The fraction of sp³-hybridized carbons (Fsp3) is 0.647. The summed E-state index contributed by atoms with van der Waals surface area (Å²) in [6.07, 6.45) is 2.22. The number of nitrogens with one attached hydrogen (secondary N) is 1. The second-order valence-corrected chi connectivity index (χ2v) is 7.71. The summed E-state index contributed by atoms with van der Waals surface area (Å²) in [6, 6.07) is 6.20. The lowest BCUT2D eigenvalue weighted by molar-refractivity contribution is 0.282. The maximum absolute atomic E-state index is 13.9. The summed E-state index contributed by atoms with van der Waals surface area (Å²) in [7, 11) is 4.22. The first kappa shape index (κ1) is 16.8. The van der Waals surface area contributed by atoms with Crippen LogP contribution in [0.5, 0.6) is 0 Å². The van der Waals surface area contributed by atoms with Gasteiger partial charge in [-0.05, 0) is 50.2 Å². The zero-order valence-electron chi connectivity index (χ0n) is 13.5. The number of likely N-dealkylation sites (N-methyl/N-ethyl adjacent to an activating group) is 1. The van der Waals surface area contributed by atoms with Gasteiger partial charge in [0, 0.05) is 23.5 Å². The Morgan fingerprint density at radius 2 is 2.14 bits per heavy atom. The number of halogens is 1. The Morgan fingerprint density at radius 3 is 2.81 bits per heavy atom. The van der Waals surface area contributed by atoms with E-state index in [1.165, 1.54) is 0 Å². The normalized spacial score (nSPS) is 19.9. The fourth-order valence-corrected chi connectivity index (χ4v) is 4.19. The summed E-state index contributed by atoms with van der Waals surface area (Å²) in [5.41, 5.74) is 1.14. The predicted octanol–water partition coefficient (Wildman–Crippen LogP) is 3.93. The lowest BCUT2D eigenvalue weighted by Crippen LogP contribution is -2.42. The van der Waals surface area contributed by atoms with Crippen LogP contribution in [0.4, 0.5) is 4.39 Å². The van der Waals surface area contributed by atoms with Gasteiger partial charge in [0.2, 0.25) is 0 Å². The number of benzene rings is 1. The molecule has 0 radical (unpaired) electrons. The van der Waals surface area contributed by atoms with Gasteiger partial charge in [-0.25, -0.2) is 4.39 Å². The van der Waals surface area contributed by atoms with Crippen LogP contribution in [0.25, 0.3) is 0 Å². The topological polar surface area (TPSA) is 15.3 Å². The van der Waals surface area contributed by atoms with Gasteiger partial charge in [-0.1, -0.05) is 26.0 Å². The van der Waals surface area contributed by atoms with Gasteiger partial charge >= 0.3 is 0 Å². The van der Waals surface area contributed by atoms with Gasteiger partial charge in [0.1, 0.15) is 5.82 Å². The van der Waals surface area contributed by atoms with Crippen molar-refractivity contribution >= 4 is 11.8 Å². The van der Waals surface area contributed by atoms with E-state index in [9.17, 15) is 4.39 Å². The molecule has 1 heterocycles. The van der Waals surface area contributed by atoms with Crippen molar-refractivity contribution in [1.82, 2.24) is 10.2 Å². The molecule has 1 aromatic rings. The molecule has 0 aromatic heterocycles. The molecule has 0 fully saturated rings. The van der Waals surface area contributed by atoms with Gasteiger partial charge < -0.3 is 10.2 Å². The van der Waals surface area contributed by atoms with E-state index >= 15 is 0 Å². The highest BCUT2D eigenvalue weighted by Gasteiger charge is 2.25. The molecule has 1 aromatic carbocycles. The maximum Gasteiger partial charge on any atom is 0.137 e. The summed E-state index contributed by atoms with van der Waals surface area (Å²) < 4.78 is 13.9. The van der Waals surface area contributed by atoms with Crippen molar-refractivity contribution in [2.45, 2.75) is 43.7 Å². The van der Waals surface area contributed by atoms with E-state index in [1.807, 2.05) is 6.07 Å². The molecule has 4 heteroatoms. The highest BCUT2D eigenvalue weighted by Crippen LogP contribution is 2.38. The molecule has 0 saturated carbocycles. The number of nitrogens with zero attached hydrogens (tertiary/aromatic N) is 1. The molecular formula is C17H27FN2S. The molecule has 2 rings (SSSR count). The molecule has 2 atom stereocenters. The van der Waals surface area contributed by atoms with Crippen molar-refractivity contribution in [3.63, 3.8) is 0 Å². The monoisotopic (exact) mass is 310 g/mol. The fourth-order valence-electron chi connectivity index (χ4n) is 3.05. The van der Waals surface area contributed by atoms with Gasteiger partial charge in [-0.2, -0.15) is 0 Å². The van der Waals surface area contributed by atoms with E-state index in [4.69, 9.17) is 0 Å². The van der Waals surface area contributed by atoms with E-state index in [0.717, 1.165) is 35.6 Å². The minimum atomic E-state index is -0.0722. The zero-order valence-corrected chi connectivity index (χ0v) is 14.3. The average molecular weight is 310 g/mol. The van der Waals surface area contributed by atoms with Crippen LogP contribution in [0.2, 0.25) is 0 Å². The molecule has 2 nitrogen and oxygen atoms in total. The van der Waals surface area contributed by atoms with Crippen LogP contribution in [-0.2, 0) is 0 Å². The Hall–Kier alpha value is -0.580. The quantitative estimate of drug-likeness (QED) is 0.857. The van der Waals surface area contributed by atoms with E-state index in [1.54, 1.807) is 17.8 Å². The standard InChI is InChI=1S/C17H27FN2S/c1-12(2)10-13(11-20(3)4)19-16-8-9-21-17-14(16)6-5-7-15(17)18/h5-7,12-13,16,19H,8-11H2,1-4H3. The molecule has 0 saturated heterocycles. The first-order chi connectivity index (χ1) is 9.97. The van der Waals surface area contributed by atoms with Gasteiger partial charge in [0.25, 0.3) is 0 Å². The van der Waals surface area contributed by atoms with Crippen LogP contribution >= 0.6 is 11.8 Å². The molecule has 0 amide bonds. The largest absolute Gasteiger partial charge is 0.308 e. The number of hydrogen-bond donors (Lipinski definition) is 1. The molecule has 1 aliphatic rings. The number of rotatable bonds is 6. The summed E-state index contributed by atoms with van der Waals surface area (Å²) in [5, 5.41) is 3.78. The number of hydrogen-bond acceptors (Lipinski definition) is 3. The van der Waals surface area contributed by atoms with E-state index < -0.39 is 0 Å². The van der Waals surface area contributed by atoms with Crippen LogP contribution in [0.15, 0.2) is 23.1 Å². The van der Waals surface area contributed by atoms with Crippen LogP contribution < -0.4 is 5.32 Å². The van der Waals surface area contributed by atoms with E-state index in [2.05, 4.69) is 44.2 Å². The van der Waals surface area contributed by atoms with Gasteiger partial charge in [-0.3, -0.25) is 0 Å². The van der Waals surface area contributed by atoms with Gasteiger partial charge in [0.05, 0.1) is 0 Å². The molecule has 1 N–H and O–H groups in total. The van der Waals surface area contributed by atoms with Crippen molar-refractivity contribution in [2.75, 3.05) is 26.4 Å². The average Bonchev–Trinajstić information content (AvgIpc) is 2.38. The zero-order chi connectivity index (χ0) is 15.4. The lowest BCUT2D eigenvalue weighted by Gasteiger charge is -2.32. The molecule has 118 valence electrons. The SMILES string of the molecule is CC(C)CC(CN(C)C)NC1CCSc2c(F)cccc21. The van der Waals surface area contributed by atoms with Gasteiger partial charge in [-0.15, -0.1) is 11.8 Å². The van der Waals surface area contributed by atoms with Crippen molar-refractivity contribution in [3.05, 3.63) is 29.6 Å². The van der Waals surface area contributed by atoms with Gasteiger partial charge in [0.15, 0.2) is 0 Å². The van der Waals surface area contributed by atoms with Crippen molar-refractivity contribution in [3.8, 4) is 0 Å². The Labute approximate surface area is 132 Å². The molecule has 1 aliphatic heterocycles. The minimum Gasteiger partial charge on any atom is -0.308 e. The van der Waals surface area contributed by atoms with Crippen LogP contribution in [-0.4, -0.2) is 37.3 Å². The minimum absolute atomic E-state index is 0.0722. The summed E-state index contributed by atoms with van der Waals surface area (Å²) in [4.78, 5) is 3.07. The summed E-state index contributed by atoms with van der Waals surface area (Å²) in [6.45, 7) is 5.54. The molecule has 21 heavy (non-hydrogen) atoms. The first-order valence-corrected chi connectivity index (χ1v) is 8.78. The highest BCUT2D eigenvalue weighted by atomic mass is 32.2. The third-order valence-electron chi connectivity index (χ3n) is 3.80. The predicted molar refractivity (Wildman–Crippen MR) is 89.4 cm³/mol. The smallest absolute Gasteiger partial charge is 0.137 e. The first-order valence-electron chi connectivity index (χ1n) is 7.79. The van der Waals surface area contributed by atoms with E-state index in [-0.39, 0.29) is 11.9 Å². The second kappa shape index (κ2) is 7.61. The summed E-state index contributed by atoms with van der Waals surface area (Å²) >= 11 is 1.65. The lowest BCUT2D eigenvalue weighted by atomic mass is 9.98. The molecular weight excluding hydrogens is 283 g/mol. The molecule has 0 bridgehead atoms. The Balaban J connectivity index is 2.13. The summed E-state index contributed by atoms with van der Waals surface area (Å²) in [5.74, 6) is 1.58. The second-order valence-electron chi connectivity index (χ2n) is 6.60. The Bertz CT molecular complexity index is 452. The van der Waals surface area contributed by atoms with Crippen molar-refractivity contribution < 1.29 is 4.39 Å². The van der Waals surface area contributed by atoms with Crippen molar-refractivity contribution in [2.24, 2.45) is 5.92 Å². The highest BCUT2D eigenvalue weighted by molar-refractivity contribution is 7.99. The third-order valence-corrected chi connectivity index (χ3v) is 4.96. The van der Waals surface area contributed by atoms with Crippen LogP contribution in [0, 0.1) is 11.7 Å². The number of fused-ring (bicyclic) bond motifs is 1. The molecule has 2 unspecified atom stereocenters. The Morgan fingerprint density at radius 1 is 1.38 bits per heavy atom. The third kappa shape index (κ3) is 4.70.